The number of aryl methyl sites for hydroxylation is 1. The monoisotopic (exact) mass is 333 g/mol. The van der Waals surface area contributed by atoms with E-state index in [1.807, 2.05) is 24.3 Å². The normalized spacial score (nSPS) is 15.9. The Bertz CT molecular complexity index is 869. The number of rotatable bonds is 5. The van der Waals surface area contributed by atoms with Crippen LogP contribution in [0.3, 0.4) is 0 Å². The van der Waals surface area contributed by atoms with Gasteiger partial charge in [-0.25, -0.2) is 4.79 Å². The van der Waals surface area contributed by atoms with Gasteiger partial charge in [-0.2, -0.15) is 0 Å². The van der Waals surface area contributed by atoms with Gasteiger partial charge >= 0.3 is 6.03 Å². The van der Waals surface area contributed by atoms with Gasteiger partial charge in [0.15, 0.2) is 0 Å². The van der Waals surface area contributed by atoms with Gasteiger partial charge in [0.25, 0.3) is 0 Å². The Balaban J connectivity index is 1.23. The first kappa shape index (κ1) is 15.8. The topological polar surface area (TPSA) is 56.9 Å². The van der Waals surface area contributed by atoms with Crippen molar-refractivity contribution in [2.45, 2.75) is 31.7 Å². The molecular formula is C21H23N3O. The second-order valence-electron chi connectivity index (χ2n) is 6.72. The number of carbonyl (C=O) groups excluding carboxylic acids is 1. The highest BCUT2D eigenvalue weighted by Crippen LogP contribution is 2.29. The third-order valence-electron chi connectivity index (χ3n) is 4.91. The van der Waals surface area contributed by atoms with Crippen molar-refractivity contribution in [3.05, 3.63) is 71.4 Å². The summed E-state index contributed by atoms with van der Waals surface area (Å²) in [4.78, 5) is 15.6. The van der Waals surface area contributed by atoms with Crippen LogP contribution in [-0.2, 0) is 19.3 Å². The number of nitrogens with one attached hydrogen (secondary N) is 3. The van der Waals surface area contributed by atoms with Gasteiger partial charge < -0.3 is 15.6 Å². The summed E-state index contributed by atoms with van der Waals surface area (Å²) in [5.41, 5.74) is 5.11. The minimum Gasteiger partial charge on any atom is -0.358 e. The minimum absolute atomic E-state index is 0.0625. The Morgan fingerprint density at radius 2 is 1.84 bits per heavy atom. The number of hydrogen-bond donors (Lipinski definition) is 3. The molecule has 0 spiro atoms. The van der Waals surface area contributed by atoms with Gasteiger partial charge in [0.1, 0.15) is 0 Å². The number of amides is 2. The average molecular weight is 333 g/mol. The molecule has 0 fully saturated rings. The van der Waals surface area contributed by atoms with Crippen LogP contribution >= 0.6 is 0 Å². The fourth-order valence-electron chi connectivity index (χ4n) is 3.71. The molecule has 1 atom stereocenters. The van der Waals surface area contributed by atoms with Crippen LogP contribution in [0.1, 0.15) is 23.2 Å². The fraction of sp³-hybridized carbons (Fsp3) is 0.286. The molecule has 25 heavy (non-hydrogen) atoms. The highest BCUT2D eigenvalue weighted by Gasteiger charge is 2.26. The molecule has 0 saturated carbocycles. The number of fused-ring (bicyclic) bond motifs is 3. The predicted octanol–water partition coefficient (Wildman–Crippen LogP) is 3.57. The molecule has 4 rings (SSSR count). The standard InChI is InChI=1S/C21H23N3O/c25-21(22-12-6-9-15-7-2-1-3-8-15)23-16-13-18-17-10-4-5-11-19(17)24-20(18)14-16/h1-5,7-8,10-11,16,24H,6,9,12-14H2,(H2,22,23,25). The lowest BCUT2D eigenvalue weighted by Gasteiger charge is -2.13. The van der Waals surface area contributed by atoms with Crippen LogP contribution in [0, 0.1) is 0 Å². The van der Waals surface area contributed by atoms with Gasteiger partial charge in [0, 0.05) is 35.6 Å². The lowest BCUT2D eigenvalue weighted by Crippen LogP contribution is -2.43. The van der Waals surface area contributed by atoms with Crippen LogP contribution in [-0.4, -0.2) is 23.6 Å². The van der Waals surface area contributed by atoms with E-state index in [2.05, 4.69) is 45.9 Å². The predicted molar refractivity (Wildman–Crippen MR) is 101 cm³/mol. The first-order chi connectivity index (χ1) is 12.3. The highest BCUT2D eigenvalue weighted by atomic mass is 16.2. The van der Waals surface area contributed by atoms with E-state index < -0.39 is 0 Å². The van der Waals surface area contributed by atoms with Gasteiger partial charge in [-0.1, -0.05) is 48.5 Å². The van der Waals surface area contributed by atoms with Crippen molar-refractivity contribution in [1.82, 2.24) is 15.6 Å². The summed E-state index contributed by atoms with van der Waals surface area (Å²) in [7, 11) is 0. The van der Waals surface area contributed by atoms with Gasteiger partial charge in [-0.3, -0.25) is 0 Å². The van der Waals surface area contributed by atoms with Crippen LogP contribution in [0.4, 0.5) is 4.79 Å². The first-order valence-electron chi connectivity index (χ1n) is 8.96. The molecule has 4 heteroatoms. The molecule has 1 aliphatic rings. The number of para-hydroxylation sites is 1. The molecule has 0 radical (unpaired) electrons. The molecule has 4 nitrogen and oxygen atoms in total. The fourth-order valence-corrected chi connectivity index (χ4v) is 3.71. The van der Waals surface area contributed by atoms with Crippen molar-refractivity contribution in [3.63, 3.8) is 0 Å². The summed E-state index contributed by atoms with van der Waals surface area (Å²) in [5, 5.41) is 7.36. The molecule has 0 bridgehead atoms. The van der Waals surface area contributed by atoms with E-state index in [-0.39, 0.29) is 12.1 Å². The Kier molecular flexibility index (Phi) is 4.42. The molecule has 2 amide bonds. The van der Waals surface area contributed by atoms with Crippen LogP contribution in [0.25, 0.3) is 10.9 Å². The summed E-state index contributed by atoms with van der Waals surface area (Å²) < 4.78 is 0. The lowest BCUT2D eigenvalue weighted by molar-refractivity contribution is 0.237. The maximum atomic E-state index is 12.1. The van der Waals surface area contributed by atoms with Crippen LogP contribution in [0.15, 0.2) is 54.6 Å². The Hall–Kier alpha value is -2.75. The number of urea groups is 1. The van der Waals surface area contributed by atoms with E-state index in [4.69, 9.17) is 0 Å². The number of hydrogen-bond acceptors (Lipinski definition) is 1. The lowest BCUT2D eigenvalue weighted by atomic mass is 10.1. The molecular weight excluding hydrogens is 310 g/mol. The van der Waals surface area contributed by atoms with Crippen molar-refractivity contribution in [2.24, 2.45) is 0 Å². The smallest absolute Gasteiger partial charge is 0.315 e. The first-order valence-corrected chi connectivity index (χ1v) is 8.96. The molecule has 128 valence electrons. The van der Waals surface area contributed by atoms with Gasteiger partial charge in [0.2, 0.25) is 0 Å². The maximum absolute atomic E-state index is 12.1. The Morgan fingerprint density at radius 3 is 2.72 bits per heavy atom. The summed E-state index contributed by atoms with van der Waals surface area (Å²) in [6.07, 6.45) is 3.71. The molecule has 3 aromatic rings. The Labute approximate surface area is 147 Å². The number of aromatic amines is 1. The molecule has 0 saturated heterocycles. The number of H-pyrrole nitrogens is 1. The van der Waals surface area contributed by atoms with Crippen LogP contribution < -0.4 is 10.6 Å². The van der Waals surface area contributed by atoms with Crippen molar-refractivity contribution < 1.29 is 4.79 Å². The molecule has 3 N–H and O–H groups in total. The average Bonchev–Trinajstić information content (AvgIpc) is 3.17. The van der Waals surface area contributed by atoms with Crippen molar-refractivity contribution in [1.29, 1.82) is 0 Å². The summed E-state index contributed by atoms with van der Waals surface area (Å²) in [5.74, 6) is 0. The molecule has 1 aromatic heterocycles. The Morgan fingerprint density at radius 1 is 1.04 bits per heavy atom. The van der Waals surface area contributed by atoms with E-state index in [9.17, 15) is 4.79 Å². The number of benzene rings is 2. The number of carbonyl (C=O) groups is 1. The quantitative estimate of drug-likeness (QED) is 0.614. The van der Waals surface area contributed by atoms with Gasteiger partial charge in [-0.05, 0) is 36.5 Å². The molecule has 2 aromatic carbocycles. The van der Waals surface area contributed by atoms with Crippen molar-refractivity contribution in [3.8, 4) is 0 Å². The van der Waals surface area contributed by atoms with Crippen LogP contribution in [0.2, 0.25) is 0 Å². The summed E-state index contributed by atoms with van der Waals surface area (Å²) >= 11 is 0. The van der Waals surface area contributed by atoms with E-state index >= 15 is 0 Å². The zero-order valence-electron chi connectivity index (χ0n) is 14.2. The molecule has 1 aliphatic carbocycles. The molecule has 0 aliphatic heterocycles. The SMILES string of the molecule is O=C(NCCCc1ccccc1)NC1Cc2[nH]c3ccccc3c2C1. The zero-order chi connectivity index (χ0) is 17.1. The summed E-state index contributed by atoms with van der Waals surface area (Å²) in [6.45, 7) is 0.696. The van der Waals surface area contributed by atoms with E-state index in [1.165, 1.54) is 27.7 Å². The van der Waals surface area contributed by atoms with Crippen molar-refractivity contribution in [2.75, 3.05) is 6.54 Å². The second kappa shape index (κ2) is 7.01. The third kappa shape index (κ3) is 3.53. The van der Waals surface area contributed by atoms with E-state index in [0.29, 0.717) is 6.54 Å². The number of aromatic nitrogens is 1. The van der Waals surface area contributed by atoms with E-state index in [0.717, 1.165) is 25.7 Å². The third-order valence-corrected chi connectivity index (χ3v) is 4.91. The maximum Gasteiger partial charge on any atom is 0.315 e. The molecule has 1 unspecified atom stereocenters. The second-order valence-corrected chi connectivity index (χ2v) is 6.72. The van der Waals surface area contributed by atoms with Crippen molar-refractivity contribution >= 4 is 16.9 Å². The van der Waals surface area contributed by atoms with Gasteiger partial charge in [-0.15, -0.1) is 0 Å². The largest absolute Gasteiger partial charge is 0.358 e. The highest BCUT2D eigenvalue weighted by molar-refractivity contribution is 5.85. The van der Waals surface area contributed by atoms with Crippen LogP contribution in [0.5, 0.6) is 0 Å². The van der Waals surface area contributed by atoms with Gasteiger partial charge in [0.05, 0.1) is 0 Å². The van der Waals surface area contributed by atoms with E-state index in [1.54, 1.807) is 0 Å². The molecule has 1 heterocycles. The minimum atomic E-state index is -0.0625. The summed E-state index contributed by atoms with van der Waals surface area (Å²) in [6, 6.07) is 18.9. The zero-order valence-corrected chi connectivity index (χ0v) is 14.2.